The van der Waals surface area contributed by atoms with Crippen LogP contribution in [0.5, 0.6) is 0 Å². The van der Waals surface area contributed by atoms with Crippen molar-refractivity contribution in [3.8, 4) is 0 Å². The molecule has 0 unspecified atom stereocenters. The highest BCUT2D eigenvalue weighted by atomic mass is 16.5. The molecule has 0 radical (unpaired) electrons. The molecule has 0 aliphatic heterocycles. The predicted molar refractivity (Wildman–Crippen MR) is 68.5 cm³/mol. The van der Waals surface area contributed by atoms with Crippen molar-refractivity contribution in [3.05, 3.63) is 0 Å². The maximum atomic E-state index is 9.13. The van der Waals surface area contributed by atoms with Gasteiger partial charge in [-0.25, -0.2) is 0 Å². The topological polar surface area (TPSA) is 55.5 Å². The van der Waals surface area contributed by atoms with E-state index >= 15 is 0 Å². The third kappa shape index (κ3) is 12.0. The number of aliphatic hydroxyl groups excluding tert-OH is 1. The smallest absolute Gasteiger partial charge is 0.0895 e. The Bertz CT molecular complexity index is 131. The summed E-state index contributed by atoms with van der Waals surface area (Å²) in [6.07, 6.45) is 9.97. The van der Waals surface area contributed by atoms with Crippen molar-refractivity contribution in [1.82, 2.24) is 0 Å². The Morgan fingerprint density at radius 2 is 1.56 bits per heavy atom. The quantitative estimate of drug-likeness (QED) is 0.507. The van der Waals surface area contributed by atoms with Gasteiger partial charge in [0.1, 0.15) is 0 Å². The molecule has 0 fully saturated rings. The first-order valence-corrected chi connectivity index (χ1v) is 6.77. The van der Waals surface area contributed by atoms with Gasteiger partial charge in [0.05, 0.1) is 12.7 Å². The van der Waals surface area contributed by atoms with Crippen LogP contribution in [0.25, 0.3) is 0 Å². The number of aliphatic hydroxyl groups is 1. The number of rotatable bonds is 12. The van der Waals surface area contributed by atoms with Crippen LogP contribution in [-0.4, -0.2) is 31.0 Å². The first kappa shape index (κ1) is 15.9. The lowest BCUT2D eigenvalue weighted by Crippen LogP contribution is -2.25. The molecular formula is C13H29NO2. The number of unbranched alkanes of at least 4 members (excludes halogenated alkanes) is 7. The molecule has 0 rings (SSSR count). The second-order valence-corrected chi connectivity index (χ2v) is 4.44. The van der Waals surface area contributed by atoms with Gasteiger partial charge in [0.2, 0.25) is 0 Å². The molecule has 0 heterocycles. The van der Waals surface area contributed by atoms with Crippen LogP contribution in [0, 0.1) is 0 Å². The summed E-state index contributed by atoms with van der Waals surface area (Å²) in [6.45, 7) is 3.67. The van der Waals surface area contributed by atoms with E-state index in [1.165, 1.54) is 44.9 Å². The van der Waals surface area contributed by atoms with Crippen LogP contribution in [0.1, 0.15) is 58.3 Å². The number of nitrogens with two attached hydrogens (primary N) is 1. The molecular weight excluding hydrogens is 202 g/mol. The molecule has 0 saturated carbocycles. The Kier molecular flexibility index (Phi) is 12.9. The summed E-state index contributed by atoms with van der Waals surface area (Å²) in [5.74, 6) is 0. The zero-order valence-corrected chi connectivity index (χ0v) is 10.8. The molecule has 0 aromatic heterocycles. The summed E-state index contributed by atoms with van der Waals surface area (Å²) in [7, 11) is 0. The van der Waals surface area contributed by atoms with Gasteiger partial charge >= 0.3 is 0 Å². The summed E-state index contributed by atoms with van der Waals surface area (Å²) in [5.41, 5.74) is 5.26. The van der Waals surface area contributed by atoms with Crippen molar-refractivity contribution in [2.45, 2.75) is 64.4 Å². The van der Waals surface area contributed by atoms with Crippen LogP contribution >= 0.6 is 0 Å². The Labute approximate surface area is 100 Å². The van der Waals surface area contributed by atoms with E-state index in [0.717, 1.165) is 13.0 Å². The molecule has 0 amide bonds. The fourth-order valence-electron chi connectivity index (χ4n) is 1.63. The van der Waals surface area contributed by atoms with Gasteiger partial charge in [0, 0.05) is 13.2 Å². The third-order valence-electron chi connectivity index (χ3n) is 2.72. The summed E-state index contributed by atoms with van der Waals surface area (Å²) >= 11 is 0. The van der Waals surface area contributed by atoms with Crippen molar-refractivity contribution in [3.63, 3.8) is 0 Å². The van der Waals surface area contributed by atoms with Gasteiger partial charge in [-0.15, -0.1) is 0 Å². The molecule has 98 valence electrons. The van der Waals surface area contributed by atoms with E-state index in [4.69, 9.17) is 15.6 Å². The lowest BCUT2D eigenvalue weighted by molar-refractivity contribution is 0.0396. The van der Waals surface area contributed by atoms with Crippen molar-refractivity contribution in [2.75, 3.05) is 19.8 Å². The lowest BCUT2D eigenvalue weighted by atomic mass is 10.1. The van der Waals surface area contributed by atoms with Gasteiger partial charge in [-0.3, -0.25) is 0 Å². The fraction of sp³-hybridized carbons (Fsp3) is 1.00. The number of hydrogen-bond donors (Lipinski definition) is 2. The summed E-state index contributed by atoms with van der Waals surface area (Å²) in [4.78, 5) is 0. The van der Waals surface area contributed by atoms with Gasteiger partial charge in [-0.1, -0.05) is 51.9 Å². The monoisotopic (exact) mass is 231 g/mol. The summed E-state index contributed by atoms with van der Waals surface area (Å²) in [6, 6.07) is 0. The molecule has 0 aromatic carbocycles. The lowest BCUT2D eigenvalue weighted by Gasteiger charge is -2.08. The van der Waals surface area contributed by atoms with Gasteiger partial charge in [0.25, 0.3) is 0 Å². The highest BCUT2D eigenvalue weighted by molar-refractivity contribution is 4.52. The average Bonchev–Trinajstić information content (AvgIpc) is 2.31. The highest BCUT2D eigenvalue weighted by Gasteiger charge is 1.99. The minimum Gasteiger partial charge on any atom is -0.389 e. The van der Waals surface area contributed by atoms with E-state index in [2.05, 4.69) is 6.92 Å². The van der Waals surface area contributed by atoms with Gasteiger partial charge in [0.15, 0.2) is 0 Å². The van der Waals surface area contributed by atoms with E-state index in [-0.39, 0.29) is 6.54 Å². The Morgan fingerprint density at radius 1 is 1.00 bits per heavy atom. The zero-order valence-electron chi connectivity index (χ0n) is 10.8. The average molecular weight is 231 g/mol. The molecule has 0 bridgehead atoms. The normalized spacial score (nSPS) is 12.9. The van der Waals surface area contributed by atoms with Crippen molar-refractivity contribution >= 4 is 0 Å². The second-order valence-electron chi connectivity index (χ2n) is 4.44. The van der Waals surface area contributed by atoms with Crippen LogP contribution in [0.3, 0.4) is 0 Å². The fourth-order valence-corrected chi connectivity index (χ4v) is 1.63. The first-order valence-electron chi connectivity index (χ1n) is 6.77. The van der Waals surface area contributed by atoms with E-state index in [0.29, 0.717) is 6.61 Å². The Morgan fingerprint density at radius 3 is 2.12 bits per heavy atom. The van der Waals surface area contributed by atoms with Crippen LogP contribution in [0.4, 0.5) is 0 Å². The number of hydrogen-bond acceptors (Lipinski definition) is 3. The van der Waals surface area contributed by atoms with Crippen LogP contribution in [0.2, 0.25) is 0 Å². The molecule has 0 spiro atoms. The standard InChI is InChI=1S/C13H29NO2/c1-2-3-4-5-6-7-8-9-10-16-12-13(15)11-14/h13,15H,2-12,14H2,1H3/t13-/m1/s1. The van der Waals surface area contributed by atoms with Gasteiger partial charge in [-0.05, 0) is 6.42 Å². The van der Waals surface area contributed by atoms with Crippen LogP contribution in [0.15, 0.2) is 0 Å². The van der Waals surface area contributed by atoms with E-state index in [1.807, 2.05) is 0 Å². The van der Waals surface area contributed by atoms with Gasteiger partial charge < -0.3 is 15.6 Å². The molecule has 3 nitrogen and oxygen atoms in total. The predicted octanol–water partition coefficient (Wildman–Crippen LogP) is 2.46. The summed E-state index contributed by atoms with van der Waals surface area (Å²) < 4.78 is 5.30. The molecule has 16 heavy (non-hydrogen) atoms. The molecule has 1 atom stereocenters. The second kappa shape index (κ2) is 12.9. The molecule has 3 heteroatoms. The first-order chi connectivity index (χ1) is 7.81. The van der Waals surface area contributed by atoms with E-state index < -0.39 is 6.10 Å². The van der Waals surface area contributed by atoms with Crippen molar-refractivity contribution in [1.29, 1.82) is 0 Å². The number of ether oxygens (including phenoxy) is 1. The minimum absolute atomic E-state index is 0.289. The van der Waals surface area contributed by atoms with Crippen molar-refractivity contribution < 1.29 is 9.84 Å². The van der Waals surface area contributed by atoms with Crippen LogP contribution in [-0.2, 0) is 4.74 Å². The maximum Gasteiger partial charge on any atom is 0.0895 e. The molecule has 0 aliphatic carbocycles. The van der Waals surface area contributed by atoms with E-state index in [1.54, 1.807) is 0 Å². The minimum atomic E-state index is -0.492. The van der Waals surface area contributed by atoms with Crippen LogP contribution < -0.4 is 5.73 Å². The Hall–Kier alpha value is -0.120. The Balaban J connectivity index is 2.93. The molecule has 0 aromatic rings. The summed E-state index contributed by atoms with van der Waals surface area (Å²) in [5, 5.41) is 9.13. The third-order valence-corrected chi connectivity index (χ3v) is 2.72. The van der Waals surface area contributed by atoms with Crippen molar-refractivity contribution in [2.24, 2.45) is 5.73 Å². The molecule has 0 saturated heterocycles. The van der Waals surface area contributed by atoms with E-state index in [9.17, 15) is 0 Å². The van der Waals surface area contributed by atoms with Gasteiger partial charge in [-0.2, -0.15) is 0 Å². The largest absolute Gasteiger partial charge is 0.389 e. The molecule has 0 aliphatic rings. The zero-order chi connectivity index (χ0) is 12.1. The molecule has 3 N–H and O–H groups in total. The highest BCUT2D eigenvalue weighted by Crippen LogP contribution is 2.08. The maximum absolute atomic E-state index is 9.13. The SMILES string of the molecule is CCCCCCCCCCOC[C@H](O)CN.